The summed E-state index contributed by atoms with van der Waals surface area (Å²) in [6, 6.07) is 10.4. The Morgan fingerprint density at radius 3 is 1.67 bits per heavy atom. The molecule has 0 aliphatic rings. The molecule has 0 atom stereocenters. The number of benzene rings is 8. The summed E-state index contributed by atoms with van der Waals surface area (Å²) in [5.41, 5.74) is 1.86. The van der Waals surface area contributed by atoms with Crippen LogP contribution in [-0.4, -0.2) is 0 Å². The molecule has 0 spiro atoms. The number of furan rings is 1. The van der Waals surface area contributed by atoms with E-state index < -0.39 is 36.3 Å². The second kappa shape index (κ2) is 9.44. The van der Waals surface area contributed by atoms with E-state index in [9.17, 15) is 0 Å². The van der Waals surface area contributed by atoms with Gasteiger partial charge in [0.2, 0.25) is 0 Å². The first kappa shape index (κ1) is 13.1. The van der Waals surface area contributed by atoms with E-state index in [-0.39, 0.29) is 98.7 Å². The molecular weight excluding hydrogens is 520 g/mol. The molecule has 1 heteroatoms. The summed E-state index contributed by atoms with van der Waals surface area (Å²) in [6.45, 7) is 0. The fourth-order valence-electron chi connectivity index (χ4n) is 5.79. The van der Waals surface area contributed by atoms with Crippen LogP contribution in [0.5, 0.6) is 0 Å². The summed E-state index contributed by atoms with van der Waals surface area (Å²) in [4.78, 5) is 0. The highest BCUT2D eigenvalue weighted by Crippen LogP contribution is 2.44. The lowest BCUT2D eigenvalue weighted by molar-refractivity contribution is 0.669. The van der Waals surface area contributed by atoms with Gasteiger partial charge in [0.05, 0.1) is 21.9 Å². The van der Waals surface area contributed by atoms with Crippen molar-refractivity contribution in [2.75, 3.05) is 0 Å². The Balaban J connectivity index is 1.31. The molecule has 1 heterocycles. The minimum atomic E-state index is -0.531. The van der Waals surface area contributed by atoms with Gasteiger partial charge < -0.3 is 4.42 Å². The Morgan fingerprint density at radius 1 is 0.372 bits per heavy atom. The van der Waals surface area contributed by atoms with Crippen molar-refractivity contribution in [3.8, 4) is 33.4 Å². The Hall–Kier alpha value is -5.66. The van der Waals surface area contributed by atoms with Crippen LogP contribution < -0.4 is 0 Å². The van der Waals surface area contributed by atoms with Crippen LogP contribution in [0, 0.1) is 0 Å². The van der Waals surface area contributed by atoms with Gasteiger partial charge in [-0.3, -0.25) is 0 Å². The molecule has 43 heavy (non-hydrogen) atoms. The zero-order chi connectivity index (χ0) is 42.3. The number of rotatable bonds is 3. The van der Waals surface area contributed by atoms with Gasteiger partial charge in [-0.05, 0) is 89.9 Å². The van der Waals surface area contributed by atoms with Crippen LogP contribution in [-0.2, 0) is 0 Å². The summed E-state index contributed by atoms with van der Waals surface area (Å²) < 4.78 is 143. The molecule has 0 amide bonds. The van der Waals surface area contributed by atoms with Crippen molar-refractivity contribution in [3.05, 3.63) is 157 Å². The summed E-state index contributed by atoms with van der Waals surface area (Å²) >= 11 is 0. The van der Waals surface area contributed by atoms with Crippen molar-refractivity contribution in [2.24, 2.45) is 0 Å². The third kappa shape index (κ3) is 3.79. The number of hydrogen-bond acceptors (Lipinski definition) is 1. The van der Waals surface area contributed by atoms with Gasteiger partial charge in [0.15, 0.2) is 0 Å². The van der Waals surface area contributed by atoms with Crippen LogP contribution in [0.2, 0.25) is 0 Å². The van der Waals surface area contributed by atoms with Crippen LogP contribution in [0.1, 0.15) is 21.9 Å². The predicted octanol–water partition coefficient (Wildman–Crippen LogP) is 12.0. The maximum atomic E-state index is 9.09. The fourth-order valence-corrected chi connectivity index (χ4v) is 5.79. The van der Waals surface area contributed by atoms with Crippen molar-refractivity contribution in [1.29, 1.82) is 0 Å². The molecule has 0 radical (unpaired) electrons. The molecule has 8 aromatic carbocycles. The van der Waals surface area contributed by atoms with E-state index in [1.54, 1.807) is 30.3 Å². The van der Waals surface area contributed by atoms with Gasteiger partial charge in [0.1, 0.15) is 11.2 Å². The van der Waals surface area contributed by atoms with Crippen LogP contribution >= 0.6 is 0 Å². The standard InChI is InChI=1S/C42H26O/c1-2-10-30-25-32(22-19-27(30)9-1)42-37-14-5-3-12-35(37)41(36-13-4-6-15-38(36)42)29-20-17-28(18-21-29)31-23-24-34-33-11-7-8-16-39(33)43-40(34)26-31/h1-26H/i1D,2D,3D,4D,5D,6D,7D,8D,9D,10D,11D,16D,19D,23D,24D,26D. The zero-order valence-corrected chi connectivity index (χ0v) is 22.2. The lowest BCUT2D eigenvalue weighted by Crippen LogP contribution is -1.91. The van der Waals surface area contributed by atoms with E-state index >= 15 is 0 Å². The second-order valence-electron chi connectivity index (χ2n) is 10.1. The average Bonchev–Trinajstić information content (AvgIpc) is 3.62. The molecule has 0 saturated carbocycles. The van der Waals surface area contributed by atoms with Crippen molar-refractivity contribution < 1.29 is 26.3 Å². The third-order valence-electron chi connectivity index (χ3n) is 7.71. The Bertz CT molecular complexity index is 3320. The van der Waals surface area contributed by atoms with Crippen molar-refractivity contribution in [3.63, 3.8) is 0 Å². The van der Waals surface area contributed by atoms with Crippen molar-refractivity contribution in [2.45, 2.75) is 0 Å². The summed E-state index contributed by atoms with van der Waals surface area (Å²) in [5.74, 6) is 0. The fraction of sp³-hybridized carbons (Fsp3) is 0. The average molecular weight is 563 g/mol. The first-order valence-corrected chi connectivity index (χ1v) is 13.4. The van der Waals surface area contributed by atoms with Crippen LogP contribution in [0.25, 0.3) is 87.6 Å². The number of para-hydroxylation sites is 1. The molecule has 0 unspecified atom stereocenters. The first-order chi connectivity index (χ1) is 27.9. The Labute approximate surface area is 271 Å². The molecule has 0 aliphatic heterocycles. The summed E-state index contributed by atoms with van der Waals surface area (Å²) in [5, 5.41) is 1.82. The summed E-state index contributed by atoms with van der Waals surface area (Å²) in [7, 11) is 0. The SMILES string of the molecule is [2H]c1cc2c(-c3ccc(-c4c([2H])c([2H])c5c(oc6c([2H])c([2H])c([2H])c([2H])c65)c4[2H])cc3)c3cc([2H])c([2H])cc3c(-c3cc([2H])c4c([2H])c([2H])c([2H])c([2H])c4c3)c2cc1[2H]. The zero-order valence-electron chi connectivity index (χ0n) is 38.2. The van der Waals surface area contributed by atoms with Gasteiger partial charge >= 0.3 is 0 Å². The van der Waals surface area contributed by atoms with E-state index in [0.717, 1.165) is 0 Å². The summed E-state index contributed by atoms with van der Waals surface area (Å²) in [6.07, 6.45) is 0. The molecule has 1 nitrogen and oxygen atoms in total. The van der Waals surface area contributed by atoms with E-state index in [4.69, 9.17) is 26.3 Å². The molecule has 0 fully saturated rings. The van der Waals surface area contributed by atoms with Gasteiger partial charge in [-0.15, -0.1) is 0 Å². The molecular formula is C42H26O. The smallest absolute Gasteiger partial charge is 0.136 e. The lowest BCUT2D eigenvalue weighted by atomic mass is 9.85. The van der Waals surface area contributed by atoms with Gasteiger partial charge in [-0.2, -0.15) is 0 Å². The van der Waals surface area contributed by atoms with Crippen molar-refractivity contribution in [1.82, 2.24) is 0 Å². The quantitative estimate of drug-likeness (QED) is 0.195. The molecule has 200 valence electrons. The van der Waals surface area contributed by atoms with Gasteiger partial charge in [0.25, 0.3) is 0 Å². The highest BCUT2D eigenvalue weighted by Gasteiger charge is 2.17. The molecule has 9 aromatic rings. The Kier molecular flexibility index (Phi) is 2.88. The topological polar surface area (TPSA) is 13.1 Å². The lowest BCUT2D eigenvalue weighted by Gasteiger charge is -2.18. The maximum Gasteiger partial charge on any atom is 0.136 e. The van der Waals surface area contributed by atoms with Crippen LogP contribution in [0.4, 0.5) is 0 Å². The van der Waals surface area contributed by atoms with Crippen LogP contribution in [0.15, 0.2) is 162 Å². The normalized spacial score (nSPS) is 16.9. The molecule has 0 saturated heterocycles. The van der Waals surface area contributed by atoms with Gasteiger partial charge in [0, 0.05) is 10.8 Å². The van der Waals surface area contributed by atoms with Crippen molar-refractivity contribution >= 4 is 54.3 Å². The van der Waals surface area contributed by atoms with Crippen LogP contribution in [0.3, 0.4) is 0 Å². The molecule has 0 bridgehead atoms. The second-order valence-corrected chi connectivity index (χ2v) is 10.1. The number of hydrogen-bond donors (Lipinski definition) is 0. The molecule has 9 rings (SSSR count). The monoisotopic (exact) mass is 562 g/mol. The minimum Gasteiger partial charge on any atom is -0.456 e. The predicted molar refractivity (Wildman–Crippen MR) is 183 cm³/mol. The number of fused-ring (bicyclic) bond motifs is 6. The van der Waals surface area contributed by atoms with E-state index in [0.29, 0.717) is 49.4 Å². The Morgan fingerprint density at radius 2 is 0.953 bits per heavy atom. The largest absolute Gasteiger partial charge is 0.456 e. The van der Waals surface area contributed by atoms with Gasteiger partial charge in [-0.1, -0.05) is 133 Å². The highest BCUT2D eigenvalue weighted by molar-refractivity contribution is 6.21. The minimum absolute atomic E-state index is 0.0217. The maximum absolute atomic E-state index is 9.09. The van der Waals surface area contributed by atoms with E-state index in [1.165, 1.54) is 30.3 Å². The molecule has 1 aromatic heterocycles. The van der Waals surface area contributed by atoms with E-state index in [2.05, 4.69) is 0 Å². The molecule has 0 N–H and O–H groups in total. The third-order valence-corrected chi connectivity index (χ3v) is 7.71. The van der Waals surface area contributed by atoms with Gasteiger partial charge in [-0.25, -0.2) is 0 Å². The molecule has 0 aliphatic carbocycles. The highest BCUT2D eigenvalue weighted by atomic mass is 16.3. The first-order valence-electron chi connectivity index (χ1n) is 21.4. The van der Waals surface area contributed by atoms with E-state index in [1.807, 2.05) is 0 Å².